The molecule has 0 saturated carbocycles. The standard InChI is InChI=1S/C28H30F2N2O3/c1-4-24(31-28(33)18-9-11-21(29)12-10-18)27-22-16-26(35-3)25(34-2)15-19(22)13-14-32(27)17-20-7-5-6-8-23(20)30/h5-12,15-16,24,27H,4,13-14,17H2,1-3H3,(H,31,33). The molecule has 0 aliphatic carbocycles. The second-order valence-corrected chi connectivity index (χ2v) is 8.66. The molecule has 1 N–H and O–H groups in total. The Kier molecular flexibility index (Phi) is 7.66. The number of nitrogens with one attached hydrogen (secondary N) is 1. The second kappa shape index (κ2) is 10.9. The van der Waals surface area contributed by atoms with Crippen molar-refractivity contribution in [3.63, 3.8) is 0 Å². The number of benzene rings is 3. The molecule has 5 nitrogen and oxygen atoms in total. The van der Waals surface area contributed by atoms with Crippen LogP contribution in [-0.4, -0.2) is 37.6 Å². The molecule has 3 aromatic rings. The number of nitrogens with zero attached hydrogens (tertiary/aromatic N) is 1. The molecule has 7 heteroatoms. The van der Waals surface area contributed by atoms with Gasteiger partial charge in [-0.05, 0) is 66.4 Å². The fourth-order valence-corrected chi connectivity index (χ4v) is 4.78. The number of halogens is 2. The van der Waals surface area contributed by atoms with Gasteiger partial charge in [0.25, 0.3) is 5.91 Å². The van der Waals surface area contributed by atoms with Gasteiger partial charge in [-0.3, -0.25) is 9.69 Å². The molecule has 0 fully saturated rings. The molecular formula is C28H30F2N2O3. The Morgan fingerprint density at radius 2 is 1.74 bits per heavy atom. The third-order valence-corrected chi connectivity index (χ3v) is 6.60. The zero-order valence-electron chi connectivity index (χ0n) is 20.2. The van der Waals surface area contributed by atoms with Crippen molar-refractivity contribution in [3.05, 3.63) is 94.6 Å². The van der Waals surface area contributed by atoms with Crippen LogP contribution in [0.15, 0.2) is 60.7 Å². The van der Waals surface area contributed by atoms with Crippen LogP contribution in [0.1, 0.15) is 46.4 Å². The highest BCUT2D eigenvalue weighted by molar-refractivity contribution is 5.94. The lowest BCUT2D eigenvalue weighted by atomic mass is 9.86. The van der Waals surface area contributed by atoms with Crippen molar-refractivity contribution >= 4 is 5.91 Å². The quantitative estimate of drug-likeness (QED) is 0.476. The predicted molar refractivity (Wildman–Crippen MR) is 131 cm³/mol. The van der Waals surface area contributed by atoms with E-state index in [9.17, 15) is 13.6 Å². The van der Waals surface area contributed by atoms with Crippen LogP contribution in [-0.2, 0) is 13.0 Å². The summed E-state index contributed by atoms with van der Waals surface area (Å²) >= 11 is 0. The molecule has 1 aliphatic heterocycles. The molecule has 0 spiro atoms. The van der Waals surface area contributed by atoms with Gasteiger partial charge in [-0.15, -0.1) is 0 Å². The Bertz CT molecular complexity index is 1180. The first kappa shape index (κ1) is 24.7. The van der Waals surface area contributed by atoms with E-state index >= 15 is 0 Å². The summed E-state index contributed by atoms with van der Waals surface area (Å²) in [7, 11) is 3.19. The van der Waals surface area contributed by atoms with E-state index < -0.39 is 5.82 Å². The third-order valence-electron chi connectivity index (χ3n) is 6.60. The highest BCUT2D eigenvalue weighted by Gasteiger charge is 2.35. The smallest absolute Gasteiger partial charge is 0.251 e. The van der Waals surface area contributed by atoms with E-state index in [0.29, 0.717) is 42.1 Å². The first-order valence-electron chi connectivity index (χ1n) is 11.7. The molecule has 2 atom stereocenters. The van der Waals surface area contributed by atoms with Crippen LogP contribution in [0.4, 0.5) is 8.78 Å². The zero-order chi connectivity index (χ0) is 24.9. The summed E-state index contributed by atoms with van der Waals surface area (Å²) in [5.74, 6) is 0.314. The van der Waals surface area contributed by atoms with E-state index in [1.165, 1.54) is 30.3 Å². The van der Waals surface area contributed by atoms with Gasteiger partial charge in [0, 0.05) is 30.3 Å². The third kappa shape index (κ3) is 5.30. The van der Waals surface area contributed by atoms with E-state index in [1.807, 2.05) is 25.1 Å². The van der Waals surface area contributed by atoms with Crippen LogP contribution in [0.3, 0.4) is 0 Å². The summed E-state index contributed by atoms with van der Waals surface area (Å²) in [4.78, 5) is 15.3. The summed E-state index contributed by atoms with van der Waals surface area (Å²) < 4.78 is 39.0. The van der Waals surface area contributed by atoms with Crippen LogP contribution >= 0.6 is 0 Å². The Morgan fingerprint density at radius 1 is 1.06 bits per heavy atom. The maximum absolute atomic E-state index is 14.6. The number of hydrogen-bond acceptors (Lipinski definition) is 4. The second-order valence-electron chi connectivity index (χ2n) is 8.66. The van der Waals surface area contributed by atoms with Crippen molar-refractivity contribution in [2.45, 2.75) is 38.4 Å². The lowest BCUT2D eigenvalue weighted by molar-refractivity contribution is 0.0857. The van der Waals surface area contributed by atoms with Crippen LogP contribution in [0.5, 0.6) is 11.5 Å². The molecule has 1 heterocycles. The minimum Gasteiger partial charge on any atom is -0.493 e. The SMILES string of the molecule is CCC(NC(=O)c1ccc(F)cc1)C1c2cc(OC)c(OC)cc2CCN1Cc1ccccc1F. The zero-order valence-corrected chi connectivity index (χ0v) is 20.2. The highest BCUT2D eigenvalue weighted by atomic mass is 19.1. The van der Waals surface area contributed by atoms with Gasteiger partial charge in [0.15, 0.2) is 11.5 Å². The Labute approximate surface area is 204 Å². The maximum atomic E-state index is 14.6. The molecular weight excluding hydrogens is 450 g/mol. The molecule has 1 aliphatic rings. The fraction of sp³-hybridized carbons (Fsp3) is 0.321. The lowest BCUT2D eigenvalue weighted by Gasteiger charge is -2.42. The van der Waals surface area contributed by atoms with E-state index in [2.05, 4.69) is 10.2 Å². The number of amides is 1. The lowest BCUT2D eigenvalue weighted by Crippen LogP contribution is -2.48. The molecule has 35 heavy (non-hydrogen) atoms. The van der Waals surface area contributed by atoms with E-state index in [0.717, 1.165) is 17.5 Å². The average Bonchev–Trinajstić information content (AvgIpc) is 2.88. The molecule has 1 amide bonds. The molecule has 184 valence electrons. The number of hydrogen-bond donors (Lipinski definition) is 1. The van der Waals surface area contributed by atoms with Crippen molar-refractivity contribution in [2.75, 3.05) is 20.8 Å². The van der Waals surface area contributed by atoms with Gasteiger partial charge >= 0.3 is 0 Å². The van der Waals surface area contributed by atoms with Gasteiger partial charge in [-0.2, -0.15) is 0 Å². The van der Waals surface area contributed by atoms with Crippen molar-refractivity contribution < 1.29 is 23.0 Å². The maximum Gasteiger partial charge on any atom is 0.251 e. The number of carbonyl (C=O) groups excluding carboxylic acids is 1. The van der Waals surface area contributed by atoms with Crippen LogP contribution in [0, 0.1) is 11.6 Å². The summed E-state index contributed by atoms with van der Waals surface area (Å²) in [5, 5.41) is 3.14. The number of fused-ring (bicyclic) bond motifs is 1. The largest absolute Gasteiger partial charge is 0.493 e. The van der Waals surface area contributed by atoms with Crippen molar-refractivity contribution in [2.24, 2.45) is 0 Å². The number of methoxy groups -OCH3 is 2. The Morgan fingerprint density at radius 3 is 2.40 bits per heavy atom. The highest BCUT2D eigenvalue weighted by Crippen LogP contribution is 2.40. The minimum atomic E-state index is -0.396. The molecule has 3 aromatic carbocycles. The summed E-state index contributed by atoms with van der Waals surface area (Å²) in [5.41, 5.74) is 3.10. The molecule has 0 radical (unpaired) electrons. The first-order valence-corrected chi connectivity index (χ1v) is 11.7. The number of rotatable bonds is 8. The minimum absolute atomic E-state index is 0.229. The Hall–Kier alpha value is -3.45. The summed E-state index contributed by atoms with van der Waals surface area (Å²) in [6.45, 7) is 3.09. The van der Waals surface area contributed by atoms with E-state index in [-0.39, 0.29) is 23.8 Å². The van der Waals surface area contributed by atoms with Crippen LogP contribution < -0.4 is 14.8 Å². The molecule has 4 rings (SSSR count). The van der Waals surface area contributed by atoms with Crippen molar-refractivity contribution in [1.29, 1.82) is 0 Å². The predicted octanol–water partition coefficient (Wildman–Crippen LogP) is 5.29. The topological polar surface area (TPSA) is 50.8 Å². The van der Waals surface area contributed by atoms with Gasteiger partial charge < -0.3 is 14.8 Å². The summed E-state index contributed by atoms with van der Waals surface area (Å²) in [6.07, 6.45) is 1.39. The van der Waals surface area contributed by atoms with Crippen molar-refractivity contribution in [3.8, 4) is 11.5 Å². The molecule has 0 bridgehead atoms. The van der Waals surface area contributed by atoms with Crippen LogP contribution in [0.2, 0.25) is 0 Å². The fourth-order valence-electron chi connectivity index (χ4n) is 4.78. The van der Waals surface area contributed by atoms with Crippen LogP contribution in [0.25, 0.3) is 0 Å². The summed E-state index contributed by atoms with van der Waals surface area (Å²) in [6, 6.07) is 15.7. The first-order chi connectivity index (χ1) is 16.9. The van der Waals surface area contributed by atoms with Crippen molar-refractivity contribution in [1.82, 2.24) is 10.2 Å². The van der Waals surface area contributed by atoms with E-state index in [1.54, 1.807) is 26.4 Å². The van der Waals surface area contributed by atoms with Gasteiger partial charge in [0.1, 0.15) is 11.6 Å². The van der Waals surface area contributed by atoms with Gasteiger partial charge in [-0.1, -0.05) is 25.1 Å². The monoisotopic (exact) mass is 480 g/mol. The normalized spacial score (nSPS) is 16.3. The number of ether oxygens (including phenoxy) is 2. The number of carbonyl (C=O) groups is 1. The van der Waals surface area contributed by atoms with Gasteiger partial charge in [-0.25, -0.2) is 8.78 Å². The average molecular weight is 481 g/mol. The molecule has 0 aromatic heterocycles. The molecule has 0 saturated heterocycles. The molecule has 2 unspecified atom stereocenters. The van der Waals surface area contributed by atoms with E-state index in [4.69, 9.17) is 9.47 Å². The van der Waals surface area contributed by atoms with Gasteiger partial charge in [0.05, 0.1) is 20.3 Å². The van der Waals surface area contributed by atoms with Gasteiger partial charge in [0.2, 0.25) is 0 Å². The Balaban J connectivity index is 1.73.